The Morgan fingerprint density at radius 3 is 2.20 bits per heavy atom. The van der Waals surface area contributed by atoms with Gasteiger partial charge in [-0.3, -0.25) is 19.6 Å². The summed E-state index contributed by atoms with van der Waals surface area (Å²) in [7, 11) is 1.28. The number of nitrogens with zero attached hydrogens (tertiary/aromatic N) is 4. The number of alkyl carbamates (subject to hydrolysis) is 1. The molecule has 326 valence electrons. The minimum Gasteiger partial charge on any atom is -0.453 e. The maximum absolute atomic E-state index is 14.9. The fourth-order valence-corrected chi connectivity index (χ4v) is 7.93. The summed E-state index contributed by atoms with van der Waals surface area (Å²) in [4.78, 5) is 66.2. The largest absolute Gasteiger partial charge is 0.453 e. The molecule has 0 radical (unpaired) electrons. The Bertz CT molecular complexity index is 2090. The highest BCUT2D eigenvalue weighted by atomic mass is 16.5. The average Bonchev–Trinajstić information content (AvgIpc) is 3.56. The lowest BCUT2D eigenvalue weighted by atomic mass is 9.81. The maximum atomic E-state index is 14.9. The van der Waals surface area contributed by atoms with E-state index in [1.807, 2.05) is 115 Å². The topological polar surface area (TPSA) is 166 Å². The number of aromatic nitrogens is 2. The third-order valence-corrected chi connectivity index (χ3v) is 11.1. The number of hydrogen-bond acceptors (Lipinski definition) is 8. The number of benzene rings is 2. The second-order valence-electron chi connectivity index (χ2n) is 18.0. The third-order valence-electron chi connectivity index (χ3n) is 11.1. The molecule has 0 aliphatic carbocycles. The van der Waals surface area contributed by atoms with Crippen molar-refractivity contribution < 1.29 is 29.0 Å². The smallest absolute Gasteiger partial charge is 0.406 e. The molecule has 1 aliphatic rings. The van der Waals surface area contributed by atoms with E-state index in [9.17, 15) is 24.3 Å². The highest BCUT2D eigenvalue weighted by Gasteiger charge is 2.44. The molecule has 4 unspecified atom stereocenters. The number of urea groups is 1. The van der Waals surface area contributed by atoms with Crippen LogP contribution in [0.15, 0.2) is 91.1 Å². The molecule has 4 atom stereocenters. The second kappa shape index (κ2) is 20.6. The Kier molecular flexibility index (Phi) is 15.6. The molecule has 13 heteroatoms. The van der Waals surface area contributed by atoms with E-state index in [0.717, 1.165) is 39.3 Å². The van der Waals surface area contributed by atoms with Crippen LogP contribution in [0.25, 0.3) is 11.1 Å². The first-order valence-electron chi connectivity index (χ1n) is 21.0. The van der Waals surface area contributed by atoms with Crippen LogP contribution in [0.3, 0.4) is 0 Å². The number of aliphatic hydroxyl groups excluding tert-OH is 1. The SMILES string of the molecule is COC(=O)NCC(C)(C)CC(=O)NCC(O)CC(NC(=O)C(N1CCN(Cc2cccc(C)n2)C1=O)C(C)(C)C)C(Cc1ccc(-c2ccc(C)nc2)cc1)c1ccccc1. The quantitative estimate of drug-likeness (QED) is 0.0875. The van der Waals surface area contributed by atoms with Crippen LogP contribution < -0.4 is 16.0 Å². The first-order valence-corrected chi connectivity index (χ1v) is 21.0. The molecule has 2 aromatic heterocycles. The zero-order chi connectivity index (χ0) is 44.3. The Morgan fingerprint density at radius 1 is 0.852 bits per heavy atom. The Morgan fingerprint density at radius 2 is 1.56 bits per heavy atom. The maximum Gasteiger partial charge on any atom is 0.406 e. The second-order valence-corrected chi connectivity index (χ2v) is 18.0. The monoisotopic (exact) mass is 833 g/mol. The molecule has 4 N–H and O–H groups in total. The van der Waals surface area contributed by atoms with Crippen molar-refractivity contribution in [1.82, 2.24) is 35.7 Å². The number of pyridine rings is 2. The first kappa shape index (κ1) is 46.2. The summed E-state index contributed by atoms with van der Waals surface area (Å²) in [5, 5.41) is 20.5. The lowest BCUT2D eigenvalue weighted by Gasteiger charge is -2.39. The van der Waals surface area contributed by atoms with Crippen LogP contribution in [0, 0.1) is 24.7 Å². The number of carbonyl (C=O) groups is 4. The predicted molar refractivity (Wildman–Crippen MR) is 236 cm³/mol. The van der Waals surface area contributed by atoms with Crippen LogP contribution >= 0.6 is 0 Å². The van der Waals surface area contributed by atoms with E-state index in [1.165, 1.54) is 7.11 Å². The van der Waals surface area contributed by atoms with Gasteiger partial charge in [0.1, 0.15) is 6.04 Å². The number of rotatable bonds is 18. The number of aliphatic hydroxyl groups is 1. The highest BCUT2D eigenvalue weighted by Crippen LogP contribution is 2.32. The number of ether oxygens (including phenoxy) is 1. The molecule has 2 aromatic carbocycles. The Hall–Kier alpha value is -5.82. The van der Waals surface area contributed by atoms with Gasteiger partial charge in [-0.2, -0.15) is 0 Å². The van der Waals surface area contributed by atoms with Crippen LogP contribution in [0.5, 0.6) is 0 Å². The van der Waals surface area contributed by atoms with Crippen molar-refractivity contribution in [3.05, 3.63) is 119 Å². The molecular formula is C48H63N7O6. The van der Waals surface area contributed by atoms with Crippen molar-refractivity contribution in [3.63, 3.8) is 0 Å². The van der Waals surface area contributed by atoms with Crippen molar-refractivity contribution in [1.29, 1.82) is 0 Å². The minimum atomic E-state index is -1.04. The van der Waals surface area contributed by atoms with Crippen molar-refractivity contribution in [2.45, 2.75) is 98.4 Å². The number of nitrogens with one attached hydrogen (secondary N) is 3. The van der Waals surface area contributed by atoms with Gasteiger partial charge in [-0.15, -0.1) is 0 Å². The molecule has 5 amide bonds. The van der Waals surface area contributed by atoms with Gasteiger partial charge < -0.3 is 35.6 Å². The van der Waals surface area contributed by atoms with Gasteiger partial charge in [0.05, 0.1) is 25.5 Å². The van der Waals surface area contributed by atoms with Gasteiger partial charge in [-0.25, -0.2) is 9.59 Å². The van der Waals surface area contributed by atoms with Gasteiger partial charge in [0.15, 0.2) is 0 Å². The van der Waals surface area contributed by atoms with E-state index >= 15 is 0 Å². The van der Waals surface area contributed by atoms with Gasteiger partial charge in [0.25, 0.3) is 0 Å². The molecule has 4 aromatic rings. The predicted octanol–water partition coefficient (Wildman–Crippen LogP) is 6.56. The van der Waals surface area contributed by atoms with Gasteiger partial charge in [-0.1, -0.05) is 101 Å². The molecule has 3 heterocycles. The fourth-order valence-electron chi connectivity index (χ4n) is 7.93. The van der Waals surface area contributed by atoms with Crippen LogP contribution in [-0.2, 0) is 27.3 Å². The molecule has 0 bridgehead atoms. The number of carbonyl (C=O) groups excluding carboxylic acids is 4. The third kappa shape index (κ3) is 13.3. The van der Waals surface area contributed by atoms with Crippen LogP contribution in [0.2, 0.25) is 0 Å². The summed E-state index contributed by atoms with van der Waals surface area (Å²) >= 11 is 0. The van der Waals surface area contributed by atoms with E-state index in [2.05, 4.69) is 54.9 Å². The van der Waals surface area contributed by atoms with Gasteiger partial charge in [0, 0.05) is 67.7 Å². The molecule has 1 saturated heterocycles. The van der Waals surface area contributed by atoms with E-state index in [0.29, 0.717) is 26.1 Å². The summed E-state index contributed by atoms with van der Waals surface area (Å²) in [5.41, 5.74) is 5.41. The number of aryl methyl sites for hydroxylation is 2. The van der Waals surface area contributed by atoms with Crippen molar-refractivity contribution in [2.75, 3.05) is 33.3 Å². The summed E-state index contributed by atoms with van der Waals surface area (Å²) in [6.07, 6.45) is 0.984. The average molecular weight is 834 g/mol. The van der Waals surface area contributed by atoms with Crippen LogP contribution in [-0.4, -0.2) is 100 Å². The minimum absolute atomic E-state index is 0.0538. The number of amides is 5. The Balaban J connectivity index is 1.41. The standard InChI is InChI=1S/C48H63N7O6/c1-32-17-20-37(28-49-32)35-21-18-34(19-22-35)25-40(36-14-10-9-11-15-36)41(26-39(56)29-50-42(57)27-48(6,7)31-51-45(59)61-8)53-44(58)43(47(3,4)5)55-24-23-54(46(55)60)30-38-16-12-13-33(2)52-38/h9-22,28,39-41,43,56H,23-27,29-31H2,1-8H3,(H,50,57)(H,51,59)(H,53,58). The van der Waals surface area contributed by atoms with Gasteiger partial charge in [0.2, 0.25) is 11.8 Å². The molecule has 0 spiro atoms. The van der Waals surface area contributed by atoms with Crippen molar-refractivity contribution >= 4 is 23.9 Å². The molecule has 13 nitrogen and oxygen atoms in total. The lowest BCUT2D eigenvalue weighted by molar-refractivity contribution is -0.130. The van der Waals surface area contributed by atoms with Crippen LogP contribution in [0.1, 0.15) is 81.6 Å². The zero-order valence-electron chi connectivity index (χ0n) is 36.9. The molecule has 5 rings (SSSR count). The summed E-state index contributed by atoms with van der Waals surface area (Å²) in [5.74, 6) is -0.907. The Labute approximate surface area is 360 Å². The van der Waals surface area contributed by atoms with E-state index in [4.69, 9.17) is 0 Å². The lowest BCUT2D eigenvalue weighted by Crippen LogP contribution is -2.57. The van der Waals surface area contributed by atoms with E-state index in [-0.39, 0.29) is 49.7 Å². The molecular weight excluding hydrogens is 771 g/mol. The van der Waals surface area contributed by atoms with Gasteiger partial charge >= 0.3 is 12.1 Å². The summed E-state index contributed by atoms with van der Waals surface area (Å²) in [6.45, 7) is 14.8. The normalized spacial score (nSPS) is 15.1. The fraction of sp³-hybridized carbons (Fsp3) is 0.458. The highest BCUT2D eigenvalue weighted by molar-refractivity contribution is 5.89. The molecule has 0 saturated carbocycles. The van der Waals surface area contributed by atoms with Crippen molar-refractivity contribution in [2.24, 2.45) is 10.8 Å². The summed E-state index contributed by atoms with van der Waals surface area (Å²) < 4.78 is 4.67. The first-order chi connectivity index (χ1) is 28.9. The molecule has 1 fully saturated rings. The number of hydrogen-bond donors (Lipinski definition) is 4. The number of methoxy groups -OCH3 is 1. The van der Waals surface area contributed by atoms with E-state index in [1.54, 1.807) is 9.80 Å². The van der Waals surface area contributed by atoms with Crippen molar-refractivity contribution in [3.8, 4) is 11.1 Å². The van der Waals surface area contributed by atoms with Crippen LogP contribution in [0.4, 0.5) is 9.59 Å². The summed E-state index contributed by atoms with van der Waals surface area (Å²) in [6, 6.07) is 26.3. The van der Waals surface area contributed by atoms with Gasteiger partial charge in [-0.05, 0) is 72.4 Å². The van der Waals surface area contributed by atoms with E-state index < -0.39 is 35.1 Å². The zero-order valence-corrected chi connectivity index (χ0v) is 36.9. The molecule has 1 aliphatic heterocycles. The molecule has 61 heavy (non-hydrogen) atoms.